The second-order valence-electron chi connectivity index (χ2n) is 4.45. The molecule has 0 fully saturated rings. The minimum absolute atomic E-state index is 0.0556. The van der Waals surface area contributed by atoms with Crippen molar-refractivity contribution in [2.24, 2.45) is 5.73 Å². The SMILES string of the molecule is COc1cc(OC)cc(OCc2ccc(C(=N)N)cc2)c1. The molecule has 0 bridgehead atoms. The van der Waals surface area contributed by atoms with E-state index in [1.807, 2.05) is 12.1 Å². The fourth-order valence-corrected chi connectivity index (χ4v) is 1.81. The molecule has 0 saturated carbocycles. The largest absolute Gasteiger partial charge is 0.496 e. The van der Waals surface area contributed by atoms with Crippen molar-refractivity contribution in [3.63, 3.8) is 0 Å². The lowest BCUT2D eigenvalue weighted by Gasteiger charge is -2.10. The molecule has 2 aromatic carbocycles. The molecule has 3 N–H and O–H groups in total. The van der Waals surface area contributed by atoms with E-state index in [0.717, 1.165) is 5.56 Å². The molecule has 0 aliphatic heterocycles. The van der Waals surface area contributed by atoms with E-state index >= 15 is 0 Å². The summed E-state index contributed by atoms with van der Waals surface area (Å²) in [5.41, 5.74) is 7.10. The Morgan fingerprint density at radius 1 is 0.952 bits per heavy atom. The maximum atomic E-state index is 7.35. The standard InChI is InChI=1S/C16H18N2O3/c1-19-13-7-14(20-2)9-15(8-13)21-10-11-3-5-12(6-4-11)16(17)18/h3-9H,10H2,1-2H3,(H3,17,18). The van der Waals surface area contributed by atoms with Crippen LogP contribution in [0.25, 0.3) is 0 Å². The molecular weight excluding hydrogens is 268 g/mol. The predicted molar refractivity (Wildman–Crippen MR) is 81.3 cm³/mol. The number of nitrogens with two attached hydrogens (primary N) is 1. The number of hydrogen-bond acceptors (Lipinski definition) is 4. The minimum atomic E-state index is 0.0556. The summed E-state index contributed by atoms with van der Waals surface area (Å²) >= 11 is 0. The van der Waals surface area contributed by atoms with Crippen LogP contribution in [0.15, 0.2) is 42.5 Å². The van der Waals surface area contributed by atoms with Gasteiger partial charge in [-0.1, -0.05) is 24.3 Å². The van der Waals surface area contributed by atoms with Crippen LogP contribution in [0, 0.1) is 5.41 Å². The van der Waals surface area contributed by atoms with Crippen molar-refractivity contribution in [2.45, 2.75) is 6.61 Å². The average Bonchev–Trinajstić information content (AvgIpc) is 2.52. The molecule has 2 aromatic rings. The van der Waals surface area contributed by atoms with Gasteiger partial charge >= 0.3 is 0 Å². The summed E-state index contributed by atoms with van der Waals surface area (Å²) in [6, 6.07) is 12.7. The number of benzene rings is 2. The number of ether oxygens (including phenoxy) is 3. The normalized spacial score (nSPS) is 10.0. The molecule has 110 valence electrons. The Labute approximate surface area is 123 Å². The Morgan fingerprint density at radius 2 is 1.48 bits per heavy atom. The van der Waals surface area contributed by atoms with Crippen LogP contribution in [0.2, 0.25) is 0 Å². The molecule has 0 aliphatic carbocycles. The van der Waals surface area contributed by atoms with E-state index in [1.54, 1.807) is 44.6 Å². The van der Waals surface area contributed by atoms with Gasteiger partial charge in [-0.25, -0.2) is 0 Å². The first kappa shape index (κ1) is 14.7. The maximum Gasteiger partial charge on any atom is 0.127 e. The summed E-state index contributed by atoms with van der Waals surface area (Å²) in [5, 5.41) is 7.35. The van der Waals surface area contributed by atoms with E-state index in [9.17, 15) is 0 Å². The Balaban J connectivity index is 2.06. The molecule has 0 amide bonds. The van der Waals surface area contributed by atoms with Crippen molar-refractivity contribution in [3.05, 3.63) is 53.6 Å². The third kappa shape index (κ3) is 3.89. The Morgan fingerprint density at radius 3 is 1.95 bits per heavy atom. The quantitative estimate of drug-likeness (QED) is 0.632. The van der Waals surface area contributed by atoms with Crippen molar-refractivity contribution in [1.29, 1.82) is 5.41 Å². The van der Waals surface area contributed by atoms with Gasteiger partial charge in [-0.2, -0.15) is 0 Å². The van der Waals surface area contributed by atoms with Crippen molar-refractivity contribution < 1.29 is 14.2 Å². The zero-order chi connectivity index (χ0) is 15.2. The first-order valence-electron chi connectivity index (χ1n) is 6.41. The average molecular weight is 286 g/mol. The lowest BCUT2D eigenvalue weighted by molar-refractivity contribution is 0.300. The molecule has 2 rings (SSSR count). The first-order chi connectivity index (χ1) is 10.1. The summed E-state index contributed by atoms with van der Waals surface area (Å²) in [7, 11) is 3.19. The van der Waals surface area contributed by atoms with Gasteiger partial charge in [-0.3, -0.25) is 5.41 Å². The zero-order valence-electron chi connectivity index (χ0n) is 12.1. The second-order valence-corrected chi connectivity index (χ2v) is 4.45. The van der Waals surface area contributed by atoms with Gasteiger partial charge in [0.25, 0.3) is 0 Å². The number of nitrogens with one attached hydrogen (secondary N) is 1. The van der Waals surface area contributed by atoms with E-state index < -0.39 is 0 Å². The molecule has 0 heterocycles. The second kappa shape index (κ2) is 6.65. The van der Waals surface area contributed by atoms with Crippen LogP contribution < -0.4 is 19.9 Å². The molecule has 0 aliphatic rings. The zero-order valence-corrected chi connectivity index (χ0v) is 12.1. The predicted octanol–water partition coefficient (Wildman–Crippen LogP) is 2.57. The molecule has 0 unspecified atom stereocenters. The Bertz CT molecular complexity index is 602. The number of amidine groups is 1. The monoisotopic (exact) mass is 286 g/mol. The molecule has 0 saturated heterocycles. The van der Waals surface area contributed by atoms with E-state index in [1.165, 1.54) is 0 Å². The summed E-state index contributed by atoms with van der Waals surface area (Å²) in [5.74, 6) is 2.08. The lowest BCUT2D eigenvalue weighted by Crippen LogP contribution is -2.10. The fourth-order valence-electron chi connectivity index (χ4n) is 1.81. The number of hydrogen-bond donors (Lipinski definition) is 2. The highest BCUT2D eigenvalue weighted by molar-refractivity contribution is 5.94. The van der Waals surface area contributed by atoms with E-state index in [-0.39, 0.29) is 5.84 Å². The summed E-state index contributed by atoms with van der Waals surface area (Å²) in [6.45, 7) is 0.411. The molecule has 5 nitrogen and oxygen atoms in total. The third-order valence-corrected chi connectivity index (χ3v) is 3.00. The topological polar surface area (TPSA) is 77.6 Å². The maximum absolute atomic E-state index is 7.35. The van der Waals surface area contributed by atoms with E-state index in [4.69, 9.17) is 25.4 Å². The molecule has 0 atom stereocenters. The van der Waals surface area contributed by atoms with Crippen LogP contribution in [0.1, 0.15) is 11.1 Å². The summed E-state index contributed by atoms with van der Waals surface area (Å²) in [6.07, 6.45) is 0. The molecule has 0 spiro atoms. The first-order valence-corrected chi connectivity index (χ1v) is 6.41. The van der Waals surface area contributed by atoms with Crippen LogP contribution >= 0.6 is 0 Å². The molecular formula is C16H18N2O3. The number of rotatable bonds is 6. The molecule has 21 heavy (non-hydrogen) atoms. The highest BCUT2D eigenvalue weighted by Gasteiger charge is 2.04. The molecule has 5 heteroatoms. The van der Waals surface area contributed by atoms with Gasteiger partial charge in [0.2, 0.25) is 0 Å². The van der Waals surface area contributed by atoms with Gasteiger partial charge in [0.1, 0.15) is 29.7 Å². The van der Waals surface area contributed by atoms with Crippen LogP contribution in [0.4, 0.5) is 0 Å². The van der Waals surface area contributed by atoms with Crippen LogP contribution in [0.5, 0.6) is 17.2 Å². The van der Waals surface area contributed by atoms with Crippen molar-refractivity contribution in [3.8, 4) is 17.2 Å². The molecule has 0 aromatic heterocycles. The highest BCUT2D eigenvalue weighted by Crippen LogP contribution is 2.27. The van der Waals surface area contributed by atoms with Crippen LogP contribution in [0.3, 0.4) is 0 Å². The van der Waals surface area contributed by atoms with Gasteiger partial charge in [-0.15, -0.1) is 0 Å². The van der Waals surface area contributed by atoms with Crippen LogP contribution in [-0.2, 0) is 6.61 Å². The number of methoxy groups -OCH3 is 2. The van der Waals surface area contributed by atoms with E-state index in [0.29, 0.717) is 29.4 Å². The fraction of sp³-hybridized carbons (Fsp3) is 0.188. The minimum Gasteiger partial charge on any atom is -0.496 e. The van der Waals surface area contributed by atoms with Crippen molar-refractivity contribution in [1.82, 2.24) is 0 Å². The lowest BCUT2D eigenvalue weighted by atomic mass is 10.1. The third-order valence-electron chi connectivity index (χ3n) is 3.00. The van der Waals surface area contributed by atoms with Crippen molar-refractivity contribution in [2.75, 3.05) is 14.2 Å². The number of nitrogen functional groups attached to an aromatic ring is 1. The Kier molecular flexibility index (Phi) is 4.66. The summed E-state index contributed by atoms with van der Waals surface area (Å²) in [4.78, 5) is 0. The van der Waals surface area contributed by atoms with Crippen LogP contribution in [-0.4, -0.2) is 20.1 Å². The molecule has 0 radical (unpaired) electrons. The summed E-state index contributed by atoms with van der Waals surface area (Å²) < 4.78 is 16.1. The highest BCUT2D eigenvalue weighted by atomic mass is 16.5. The van der Waals surface area contributed by atoms with Gasteiger partial charge in [0, 0.05) is 23.8 Å². The van der Waals surface area contributed by atoms with Gasteiger partial charge in [0.15, 0.2) is 0 Å². The van der Waals surface area contributed by atoms with E-state index in [2.05, 4.69) is 0 Å². The smallest absolute Gasteiger partial charge is 0.127 e. The van der Waals surface area contributed by atoms with Gasteiger partial charge < -0.3 is 19.9 Å². The van der Waals surface area contributed by atoms with Gasteiger partial charge in [-0.05, 0) is 5.56 Å². The van der Waals surface area contributed by atoms with Gasteiger partial charge in [0.05, 0.1) is 14.2 Å². The Hall–Kier alpha value is -2.69. The van der Waals surface area contributed by atoms with Crippen molar-refractivity contribution >= 4 is 5.84 Å².